The zero-order valence-corrected chi connectivity index (χ0v) is 12.7. The SMILES string of the molecule is Cc1ccc(C(=O)NC2CCN(C(C)C(N)=O)CC2)s1. The lowest BCUT2D eigenvalue weighted by Crippen LogP contribution is -2.50. The molecule has 1 atom stereocenters. The summed E-state index contributed by atoms with van der Waals surface area (Å²) in [6, 6.07) is 3.77. The van der Waals surface area contributed by atoms with E-state index in [1.807, 2.05) is 26.0 Å². The predicted molar refractivity (Wildman–Crippen MR) is 79.8 cm³/mol. The van der Waals surface area contributed by atoms with Crippen LogP contribution in [0.1, 0.15) is 34.3 Å². The third-order valence-electron chi connectivity index (χ3n) is 3.79. The Bertz CT molecular complexity index is 492. The molecule has 0 aliphatic carbocycles. The number of carbonyl (C=O) groups is 2. The van der Waals surface area contributed by atoms with E-state index in [4.69, 9.17) is 5.73 Å². The Morgan fingerprint density at radius 2 is 2.05 bits per heavy atom. The molecule has 110 valence electrons. The maximum absolute atomic E-state index is 12.1. The average Bonchev–Trinajstić information content (AvgIpc) is 2.85. The molecule has 2 rings (SSSR count). The maximum atomic E-state index is 12.1. The van der Waals surface area contributed by atoms with Gasteiger partial charge < -0.3 is 11.1 Å². The second-order valence-corrected chi connectivity index (χ2v) is 6.56. The van der Waals surface area contributed by atoms with Crippen molar-refractivity contribution in [2.45, 2.75) is 38.8 Å². The maximum Gasteiger partial charge on any atom is 0.261 e. The minimum atomic E-state index is -0.290. The minimum Gasteiger partial charge on any atom is -0.368 e. The third kappa shape index (κ3) is 3.58. The fourth-order valence-corrected chi connectivity index (χ4v) is 3.19. The van der Waals surface area contributed by atoms with Gasteiger partial charge in [0, 0.05) is 24.0 Å². The van der Waals surface area contributed by atoms with Crippen molar-refractivity contribution in [2.24, 2.45) is 5.73 Å². The van der Waals surface area contributed by atoms with Crippen LogP contribution in [0.25, 0.3) is 0 Å². The summed E-state index contributed by atoms with van der Waals surface area (Å²) in [5, 5.41) is 3.07. The van der Waals surface area contributed by atoms with Crippen molar-refractivity contribution in [1.29, 1.82) is 0 Å². The number of primary amides is 1. The summed E-state index contributed by atoms with van der Waals surface area (Å²) in [4.78, 5) is 27.2. The van der Waals surface area contributed by atoms with Gasteiger partial charge in [0.1, 0.15) is 0 Å². The Kier molecular flexibility index (Phi) is 4.77. The number of hydrogen-bond acceptors (Lipinski definition) is 4. The molecule has 2 amide bonds. The van der Waals surface area contributed by atoms with Gasteiger partial charge in [0.15, 0.2) is 0 Å². The molecule has 1 fully saturated rings. The first kappa shape index (κ1) is 15.0. The molecule has 1 aliphatic heterocycles. The van der Waals surface area contributed by atoms with Gasteiger partial charge in [-0.1, -0.05) is 0 Å². The molecule has 0 bridgehead atoms. The van der Waals surface area contributed by atoms with E-state index in [9.17, 15) is 9.59 Å². The Hall–Kier alpha value is -1.40. The topological polar surface area (TPSA) is 75.4 Å². The molecule has 0 saturated carbocycles. The van der Waals surface area contributed by atoms with Crippen LogP contribution in [0.3, 0.4) is 0 Å². The molecule has 20 heavy (non-hydrogen) atoms. The first-order valence-corrected chi connectivity index (χ1v) is 7.69. The number of thiophene rings is 1. The molecule has 0 spiro atoms. The Morgan fingerprint density at radius 1 is 1.40 bits per heavy atom. The summed E-state index contributed by atoms with van der Waals surface area (Å²) >= 11 is 1.51. The number of hydrogen-bond donors (Lipinski definition) is 2. The fraction of sp³-hybridized carbons (Fsp3) is 0.571. The van der Waals surface area contributed by atoms with E-state index in [2.05, 4.69) is 10.2 Å². The minimum absolute atomic E-state index is 0.00417. The zero-order valence-electron chi connectivity index (χ0n) is 11.9. The number of nitrogens with two attached hydrogens (primary N) is 1. The first-order chi connectivity index (χ1) is 9.47. The molecule has 5 nitrogen and oxygen atoms in total. The number of nitrogens with one attached hydrogen (secondary N) is 1. The summed E-state index contributed by atoms with van der Waals surface area (Å²) in [5.41, 5.74) is 5.31. The van der Waals surface area contributed by atoms with Gasteiger partial charge >= 0.3 is 0 Å². The van der Waals surface area contributed by atoms with Crippen LogP contribution in [0.2, 0.25) is 0 Å². The zero-order chi connectivity index (χ0) is 14.7. The average molecular weight is 295 g/mol. The molecule has 6 heteroatoms. The van der Waals surface area contributed by atoms with Gasteiger partial charge in [0.2, 0.25) is 5.91 Å². The highest BCUT2D eigenvalue weighted by Crippen LogP contribution is 2.17. The largest absolute Gasteiger partial charge is 0.368 e. The molecule has 2 heterocycles. The van der Waals surface area contributed by atoms with Crippen LogP contribution in [0.5, 0.6) is 0 Å². The van der Waals surface area contributed by atoms with E-state index in [0.717, 1.165) is 35.7 Å². The van der Waals surface area contributed by atoms with Gasteiger partial charge in [-0.3, -0.25) is 14.5 Å². The van der Waals surface area contributed by atoms with Gasteiger partial charge in [-0.15, -0.1) is 11.3 Å². The van der Waals surface area contributed by atoms with Gasteiger partial charge in [0.05, 0.1) is 10.9 Å². The van der Waals surface area contributed by atoms with Gasteiger partial charge in [-0.05, 0) is 38.8 Å². The molecule has 1 saturated heterocycles. The van der Waals surface area contributed by atoms with Gasteiger partial charge in [-0.25, -0.2) is 0 Å². The summed E-state index contributed by atoms with van der Waals surface area (Å²) in [6.45, 7) is 5.40. The monoisotopic (exact) mass is 295 g/mol. The van der Waals surface area contributed by atoms with Crippen LogP contribution in [0.15, 0.2) is 12.1 Å². The van der Waals surface area contributed by atoms with E-state index >= 15 is 0 Å². The second-order valence-electron chi connectivity index (χ2n) is 5.27. The van der Waals surface area contributed by atoms with E-state index in [0.29, 0.717) is 0 Å². The highest BCUT2D eigenvalue weighted by Gasteiger charge is 2.26. The van der Waals surface area contributed by atoms with Crippen molar-refractivity contribution in [2.75, 3.05) is 13.1 Å². The van der Waals surface area contributed by atoms with Crippen molar-refractivity contribution in [3.63, 3.8) is 0 Å². The third-order valence-corrected chi connectivity index (χ3v) is 4.79. The Morgan fingerprint density at radius 3 is 2.55 bits per heavy atom. The lowest BCUT2D eigenvalue weighted by Gasteiger charge is -2.34. The fourth-order valence-electron chi connectivity index (χ4n) is 2.42. The van der Waals surface area contributed by atoms with E-state index in [-0.39, 0.29) is 23.9 Å². The molecule has 1 aliphatic rings. The van der Waals surface area contributed by atoms with Crippen LogP contribution >= 0.6 is 11.3 Å². The van der Waals surface area contributed by atoms with Gasteiger partial charge in [-0.2, -0.15) is 0 Å². The smallest absolute Gasteiger partial charge is 0.261 e. The van der Waals surface area contributed by atoms with Crippen molar-refractivity contribution in [3.8, 4) is 0 Å². The number of likely N-dealkylation sites (tertiary alicyclic amines) is 1. The number of piperidine rings is 1. The molecule has 1 unspecified atom stereocenters. The van der Waals surface area contributed by atoms with E-state index < -0.39 is 0 Å². The molecule has 0 radical (unpaired) electrons. The molecule has 1 aromatic rings. The summed E-state index contributed by atoms with van der Waals surface area (Å²) in [7, 11) is 0. The molecular formula is C14H21N3O2S. The van der Waals surface area contributed by atoms with Crippen LogP contribution < -0.4 is 11.1 Å². The van der Waals surface area contributed by atoms with Crippen LogP contribution in [0, 0.1) is 6.92 Å². The van der Waals surface area contributed by atoms with E-state index in [1.54, 1.807) is 0 Å². The van der Waals surface area contributed by atoms with Gasteiger partial charge in [0.25, 0.3) is 5.91 Å². The summed E-state index contributed by atoms with van der Waals surface area (Å²) in [5.74, 6) is -0.286. The second kappa shape index (κ2) is 6.37. The molecular weight excluding hydrogens is 274 g/mol. The summed E-state index contributed by atoms with van der Waals surface area (Å²) in [6.07, 6.45) is 1.71. The number of aryl methyl sites for hydroxylation is 1. The van der Waals surface area contributed by atoms with Crippen molar-refractivity contribution in [1.82, 2.24) is 10.2 Å². The Labute approximate surface area is 123 Å². The van der Waals surface area contributed by atoms with Crippen molar-refractivity contribution in [3.05, 3.63) is 21.9 Å². The predicted octanol–water partition coefficient (Wildman–Crippen LogP) is 1.12. The summed E-state index contributed by atoms with van der Waals surface area (Å²) < 4.78 is 0. The van der Waals surface area contributed by atoms with Crippen molar-refractivity contribution >= 4 is 23.2 Å². The highest BCUT2D eigenvalue weighted by molar-refractivity contribution is 7.13. The number of carbonyl (C=O) groups excluding carboxylic acids is 2. The standard InChI is InChI=1S/C14H21N3O2S/c1-9-3-4-12(20-9)14(19)16-11-5-7-17(8-6-11)10(2)13(15)18/h3-4,10-11H,5-8H2,1-2H3,(H2,15,18)(H,16,19). The normalized spacial score (nSPS) is 18.7. The molecule has 3 N–H and O–H groups in total. The highest BCUT2D eigenvalue weighted by atomic mass is 32.1. The number of nitrogens with zero attached hydrogens (tertiary/aromatic N) is 1. The number of amides is 2. The van der Waals surface area contributed by atoms with Crippen LogP contribution in [-0.2, 0) is 4.79 Å². The molecule has 1 aromatic heterocycles. The van der Waals surface area contributed by atoms with Crippen molar-refractivity contribution < 1.29 is 9.59 Å². The molecule has 0 aromatic carbocycles. The number of rotatable bonds is 4. The van der Waals surface area contributed by atoms with Crippen LogP contribution in [-0.4, -0.2) is 41.9 Å². The Balaban J connectivity index is 1.82. The quantitative estimate of drug-likeness (QED) is 0.874. The van der Waals surface area contributed by atoms with Crippen LogP contribution in [0.4, 0.5) is 0 Å². The van der Waals surface area contributed by atoms with E-state index in [1.165, 1.54) is 11.3 Å². The lowest BCUT2D eigenvalue weighted by molar-refractivity contribution is -0.123. The lowest BCUT2D eigenvalue weighted by atomic mass is 10.0. The first-order valence-electron chi connectivity index (χ1n) is 6.88.